The van der Waals surface area contributed by atoms with Crippen LogP contribution in [0.25, 0.3) is 0 Å². The lowest BCUT2D eigenvalue weighted by Crippen LogP contribution is -2.25. The highest BCUT2D eigenvalue weighted by Crippen LogP contribution is 2.34. The summed E-state index contributed by atoms with van der Waals surface area (Å²) in [6, 6.07) is 0. The molecule has 0 atom stereocenters. The van der Waals surface area contributed by atoms with Crippen molar-refractivity contribution in [3.8, 4) is 0 Å². The summed E-state index contributed by atoms with van der Waals surface area (Å²) in [6.07, 6.45) is 2.20. The lowest BCUT2D eigenvalue weighted by molar-refractivity contribution is 0.174. The van der Waals surface area contributed by atoms with Crippen LogP contribution in [-0.2, 0) is 0 Å². The minimum Gasteiger partial charge on any atom is -0.251 e. The molecule has 0 saturated heterocycles. The van der Waals surface area contributed by atoms with E-state index in [0.29, 0.717) is 5.92 Å². The van der Waals surface area contributed by atoms with Gasteiger partial charge in [-0.25, -0.2) is 0 Å². The maximum Gasteiger partial charge on any atom is 0.0922 e. The zero-order valence-electron chi connectivity index (χ0n) is 4.74. The van der Waals surface area contributed by atoms with Crippen LogP contribution in [0.5, 0.6) is 0 Å². The van der Waals surface area contributed by atoms with Gasteiger partial charge in [-0.1, -0.05) is 15.9 Å². The summed E-state index contributed by atoms with van der Waals surface area (Å²) in [6.45, 7) is -0.108. The first-order chi connectivity index (χ1) is 3.86. The van der Waals surface area contributed by atoms with E-state index in [-0.39, 0.29) is 6.67 Å². The lowest BCUT2D eigenvalue weighted by Gasteiger charge is -2.31. The van der Waals surface area contributed by atoms with Crippen LogP contribution in [-0.4, -0.2) is 12.0 Å². The summed E-state index contributed by atoms with van der Waals surface area (Å²) in [5.41, 5.74) is 0. The largest absolute Gasteiger partial charge is 0.251 e. The van der Waals surface area contributed by atoms with Gasteiger partial charge in [0.05, 0.1) is 6.67 Å². The molecule has 0 N–H and O–H groups in total. The van der Waals surface area contributed by atoms with Crippen LogP contribution in [0.4, 0.5) is 4.39 Å². The molecule has 0 bridgehead atoms. The Balaban J connectivity index is 2.03. The number of hydrogen-bond donors (Lipinski definition) is 0. The quantitative estimate of drug-likeness (QED) is 0.573. The summed E-state index contributed by atoms with van der Waals surface area (Å²) in [7, 11) is 0. The van der Waals surface area contributed by atoms with Crippen LogP contribution in [0.1, 0.15) is 12.8 Å². The molecule has 0 aromatic rings. The van der Waals surface area contributed by atoms with Crippen molar-refractivity contribution in [3.63, 3.8) is 0 Å². The molecule has 1 rings (SSSR count). The monoisotopic (exact) mass is 180 g/mol. The van der Waals surface area contributed by atoms with E-state index in [0.717, 1.165) is 24.1 Å². The third-order valence-corrected chi connectivity index (χ3v) is 2.69. The number of alkyl halides is 2. The van der Waals surface area contributed by atoms with Crippen LogP contribution in [0.3, 0.4) is 0 Å². The molecule has 1 aliphatic carbocycles. The van der Waals surface area contributed by atoms with E-state index in [1.807, 2.05) is 0 Å². The van der Waals surface area contributed by atoms with E-state index in [1.54, 1.807) is 0 Å². The van der Waals surface area contributed by atoms with Crippen molar-refractivity contribution < 1.29 is 4.39 Å². The van der Waals surface area contributed by atoms with Gasteiger partial charge in [-0.15, -0.1) is 0 Å². The Morgan fingerprint density at radius 1 is 1.38 bits per heavy atom. The summed E-state index contributed by atoms with van der Waals surface area (Å²) in [4.78, 5) is 0. The molecule has 0 aliphatic heterocycles. The molecule has 1 aliphatic rings. The normalized spacial score (nSPS) is 36.8. The molecule has 48 valence electrons. The van der Waals surface area contributed by atoms with Crippen LogP contribution in [0.2, 0.25) is 0 Å². The molecule has 8 heavy (non-hydrogen) atoms. The van der Waals surface area contributed by atoms with Crippen molar-refractivity contribution in [3.05, 3.63) is 0 Å². The van der Waals surface area contributed by atoms with Crippen molar-refractivity contribution in [2.45, 2.75) is 12.8 Å². The fraction of sp³-hybridized carbons (Fsp3) is 1.00. The van der Waals surface area contributed by atoms with Crippen molar-refractivity contribution in [2.75, 3.05) is 12.0 Å². The fourth-order valence-corrected chi connectivity index (χ4v) is 1.65. The highest BCUT2D eigenvalue weighted by Gasteiger charge is 2.27. The number of hydrogen-bond acceptors (Lipinski definition) is 0. The zero-order valence-corrected chi connectivity index (χ0v) is 6.33. The predicted molar refractivity (Wildman–Crippen MR) is 36.0 cm³/mol. The molecule has 1 saturated carbocycles. The Morgan fingerprint density at radius 2 is 2.00 bits per heavy atom. The van der Waals surface area contributed by atoms with Gasteiger partial charge in [-0.05, 0) is 24.7 Å². The molecule has 0 nitrogen and oxygen atoms in total. The maximum atomic E-state index is 11.7. The molecule has 0 spiro atoms. The van der Waals surface area contributed by atoms with Gasteiger partial charge in [0, 0.05) is 5.33 Å². The standard InChI is InChI=1S/C6H10BrF/c7-3-5-1-6(2-5)4-8/h5-6H,1-4H2. The van der Waals surface area contributed by atoms with Gasteiger partial charge in [0.2, 0.25) is 0 Å². The van der Waals surface area contributed by atoms with Crippen molar-refractivity contribution in [2.24, 2.45) is 11.8 Å². The van der Waals surface area contributed by atoms with Crippen LogP contribution in [0, 0.1) is 11.8 Å². The molecule has 1 fully saturated rings. The van der Waals surface area contributed by atoms with E-state index >= 15 is 0 Å². The second kappa shape index (κ2) is 2.81. The minimum absolute atomic E-state index is 0.108. The zero-order chi connectivity index (χ0) is 5.98. The molecular formula is C6H10BrF. The van der Waals surface area contributed by atoms with Gasteiger partial charge in [0.1, 0.15) is 0 Å². The summed E-state index contributed by atoms with van der Waals surface area (Å²) < 4.78 is 11.7. The molecule has 0 aromatic carbocycles. The number of halogens is 2. The van der Waals surface area contributed by atoms with Crippen LogP contribution in [0.15, 0.2) is 0 Å². The SMILES string of the molecule is FCC1CC(CBr)C1. The van der Waals surface area contributed by atoms with E-state index in [1.165, 1.54) is 0 Å². The predicted octanol–water partition coefficient (Wildman–Crippen LogP) is 2.38. The third-order valence-electron chi connectivity index (χ3n) is 1.77. The van der Waals surface area contributed by atoms with Crippen molar-refractivity contribution in [1.29, 1.82) is 0 Å². The maximum absolute atomic E-state index is 11.7. The topological polar surface area (TPSA) is 0 Å². The first-order valence-electron chi connectivity index (χ1n) is 2.98. The van der Waals surface area contributed by atoms with Crippen LogP contribution >= 0.6 is 15.9 Å². The molecule has 0 amide bonds. The molecule has 0 radical (unpaired) electrons. The van der Waals surface area contributed by atoms with E-state index in [4.69, 9.17) is 0 Å². The molecule has 2 heteroatoms. The average molecular weight is 181 g/mol. The summed E-state index contributed by atoms with van der Waals surface area (Å²) >= 11 is 3.36. The van der Waals surface area contributed by atoms with Crippen molar-refractivity contribution in [1.82, 2.24) is 0 Å². The highest BCUT2D eigenvalue weighted by molar-refractivity contribution is 9.09. The molecular weight excluding hydrogens is 171 g/mol. The van der Waals surface area contributed by atoms with Gasteiger partial charge >= 0.3 is 0 Å². The smallest absolute Gasteiger partial charge is 0.0922 e. The van der Waals surface area contributed by atoms with Gasteiger partial charge in [-0.3, -0.25) is 4.39 Å². The molecule has 0 unspecified atom stereocenters. The van der Waals surface area contributed by atoms with Gasteiger partial charge in [0.15, 0.2) is 0 Å². The second-order valence-electron chi connectivity index (χ2n) is 2.51. The average Bonchev–Trinajstić information content (AvgIpc) is 1.65. The Hall–Kier alpha value is 0.410. The third kappa shape index (κ3) is 1.22. The fourth-order valence-electron chi connectivity index (χ4n) is 1.13. The highest BCUT2D eigenvalue weighted by atomic mass is 79.9. The minimum atomic E-state index is -0.108. The second-order valence-corrected chi connectivity index (χ2v) is 3.16. The first-order valence-corrected chi connectivity index (χ1v) is 4.11. The Morgan fingerprint density at radius 3 is 2.38 bits per heavy atom. The molecule has 0 heterocycles. The Bertz CT molecular complexity index is 60.9. The Kier molecular flexibility index (Phi) is 2.29. The Labute approximate surface area is 57.6 Å². The summed E-state index contributed by atoms with van der Waals surface area (Å²) in [5.74, 6) is 1.17. The van der Waals surface area contributed by atoms with Gasteiger partial charge < -0.3 is 0 Å². The van der Waals surface area contributed by atoms with Crippen molar-refractivity contribution >= 4 is 15.9 Å². The number of rotatable bonds is 2. The lowest BCUT2D eigenvalue weighted by atomic mass is 9.77. The van der Waals surface area contributed by atoms with Gasteiger partial charge in [0.25, 0.3) is 0 Å². The van der Waals surface area contributed by atoms with E-state index < -0.39 is 0 Å². The van der Waals surface area contributed by atoms with E-state index in [2.05, 4.69) is 15.9 Å². The van der Waals surface area contributed by atoms with E-state index in [9.17, 15) is 4.39 Å². The first kappa shape index (κ1) is 6.53. The summed E-state index contributed by atoms with van der Waals surface area (Å²) in [5, 5.41) is 1.06. The van der Waals surface area contributed by atoms with Crippen LogP contribution < -0.4 is 0 Å². The van der Waals surface area contributed by atoms with Gasteiger partial charge in [-0.2, -0.15) is 0 Å². The molecule has 0 aromatic heterocycles.